The Balaban J connectivity index is 2.36. The zero-order valence-electron chi connectivity index (χ0n) is 11.8. The van der Waals surface area contributed by atoms with Gasteiger partial charge in [-0.3, -0.25) is 4.57 Å². The predicted octanol–water partition coefficient (Wildman–Crippen LogP) is 4.99. The number of benzene rings is 2. The summed E-state index contributed by atoms with van der Waals surface area (Å²) in [5.74, 6) is 1.27. The fourth-order valence-electron chi connectivity index (χ4n) is 2.42. The quantitative estimate of drug-likeness (QED) is 0.477. The number of hydrogen-bond donors (Lipinski definition) is 1. The minimum atomic E-state index is 0.286. The average molecular weight is 412 g/mol. The standard InChI is InChI=1S/C16H15ClIN3/c1-9(2)16-20-13-8-11(19)4-6-15(13)21(16)14-5-3-10(18)7-12(14)17/h3-9H,19H2,1-2H3. The smallest absolute Gasteiger partial charge is 0.117 e. The van der Waals surface area contributed by atoms with E-state index in [0.717, 1.165) is 36.8 Å². The van der Waals surface area contributed by atoms with E-state index in [-0.39, 0.29) is 5.92 Å². The van der Waals surface area contributed by atoms with Gasteiger partial charge in [0, 0.05) is 15.2 Å². The lowest BCUT2D eigenvalue weighted by molar-refractivity contribution is 0.760. The van der Waals surface area contributed by atoms with Crippen LogP contribution in [0.25, 0.3) is 16.7 Å². The van der Waals surface area contributed by atoms with Crippen molar-refractivity contribution in [3.8, 4) is 5.69 Å². The molecule has 1 aromatic heterocycles. The summed E-state index contributed by atoms with van der Waals surface area (Å²) in [6, 6.07) is 11.8. The number of nitrogens with zero attached hydrogens (tertiary/aromatic N) is 2. The molecule has 0 unspecified atom stereocenters. The number of hydrogen-bond acceptors (Lipinski definition) is 2. The first-order chi connectivity index (χ1) is 9.97. The van der Waals surface area contributed by atoms with E-state index in [1.54, 1.807) is 0 Å². The van der Waals surface area contributed by atoms with Gasteiger partial charge in [-0.15, -0.1) is 0 Å². The molecule has 0 spiro atoms. The van der Waals surface area contributed by atoms with Gasteiger partial charge in [0.1, 0.15) is 5.82 Å². The molecule has 2 aromatic carbocycles. The van der Waals surface area contributed by atoms with E-state index in [4.69, 9.17) is 22.3 Å². The zero-order valence-corrected chi connectivity index (χ0v) is 14.7. The van der Waals surface area contributed by atoms with Gasteiger partial charge in [0.2, 0.25) is 0 Å². The van der Waals surface area contributed by atoms with Crippen LogP contribution in [-0.4, -0.2) is 9.55 Å². The molecule has 0 saturated heterocycles. The van der Waals surface area contributed by atoms with Crippen LogP contribution in [0, 0.1) is 3.57 Å². The number of halogens is 2. The lowest BCUT2D eigenvalue weighted by Gasteiger charge is -2.13. The lowest BCUT2D eigenvalue weighted by atomic mass is 10.2. The fraction of sp³-hybridized carbons (Fsp3) is 0.188. The molecule has 0 aliphatic heterocycles. The molecule has 0 saturated carbocycles. The van der Waals surface area contributed by atoms with Crippen molar-refractivity contribution in [3.63, 3.8) is 0 Å². The van der Waals surface area contributed by atoms with E-state index in [0.29, 0.717) is 0 Å². The average Bonchev–Trinajstić information content (AvgIpc) is 2.77. The molecule has 0 atom stereocenters. The molecule has 2 N–H and O–H groups in total. The second-order valence-corrected chi connectivity index (χ2v) is 6.96. The van der Waals surface area contributed by atoms with Gasteiger partial charge < -0.3 is 5.73 Å². The van der Waals surface area contributed by atoms with Crippen molar-refractivity contribution in [2.45, 2.75) is 19.8 Å². The maximum atomic E-state index is 6.45. The van der Waals surface area contributed by atoms with Crippen molar-refractivity contribution >= 4 is 50.9 Å². The molecule has 0 radical (unpaired) electrons. The van der Waals surface area contributed by atoms with Crippen LogP contribution in [0.15, 0.2) is 36.4 Å². The third-order valence-electron chi connectivity index (χ3n) is 3.37. The second-order valence-electron chi connectivity index (χ2n) is 5.30. The van der Waals surface area contributed by atoms with E-state index >= 15 is 0 Å². The van der Waals surface area contributed by atoms with Crippen molar-refractivity contribution in [1.82, 2.24) is 9.55 Å². The Morgan fingerprint density at radius 3 is 2.62 bits per heavy atom. The number of fused-ring (bicyclic) bond motifs is 1. The number of imidazole rings is 1. The topological polar surface area (TPSA) is 43.8 Å². The molecule has 3 aromatic rings. The molecule has 0 aliphatic carbocycles. The molecule has 0 amide bonds. The number of aromatic nitrogens is 2. The highest BCUT2D eigenvalue weighted by atomic mass is 127. The fourth-order valence-corrected chi connectivity index (χ4v) is 3.36. The summed E-state index contributed by atoms with van der Waals surface area (Å²) in [6.07, 6.45) is 0. The molecule has 108 valence electrons. The second kappa shape index (κ2) is 5.50. The molecule has 1 heterocycles. The maximum Gasteiger partial charge on any atom is 0.117 e. The minimum absolute atomic E-state index is 0.286. The minimum Gasteiger partial charge on any atom is -0.399 e. The van der Waals surface area contributed by atoms with Gasteiger partial charge in [0.05, 0.1) is 21.7 Å². The van der Waals surface area contributed by atoms with E-state index in [2.05, 4.69) is 47.1 Å². The Morgan fingerprint density at radius 1 is 1.19 bits per heavy atom. The third kappa shape index (κ3) is 2.62. The largest absolute Gasteiger partial charge is 0.399 e. The Bertz CT molecular complexity index is 824. The van der Waals surface area contributed by atoms with Crippen LogP contribution in [-0.2, 0) is 0 Å². The molecular formula is C16H15ClIN3. The Kier molecular flexibility index (Phi) is 3.84. The Labute approximate surface area is 142 Å². The number of nitrogens with two attached hydrogens (primary N) is 1. The third-order valence-corrected chi connectivity index (χ3v) is 4.35. The number of anilines is 1. The molecule has 0 fully saturated rings. The summed E-state index contributed by atoms with van der Waals surface area (Å²) in [5, 5.41) is 0.722. The Hall–Kier alpha value is -1.27. The van der Waals surface area contributed by atoms with Crippen molar-refractivity contribution < 1.29 is 0 Å². The monoisotopic (exact) mass is 411 g/mol. The molecule has 0 aliphatic rings. The van der Waals surface area contributed by atoms with Gasteiger partial charge >= 0.3 is 0 Å². The lowest BCUT2D eigenvalue weighted by Crippen LogP contribution is -2.03. The first-order valence-corrected chi connectivity index (χ1v) is 8.16. The van der Waals surface area contributed by atoms with Crippen LogP contribution < -0.4 is 5.73 Å². The summed E-state index contributed by atoms with van der Waals surface area (Å²) >= 11 is 8.71. The van der Waals surface area contributed by atoms with Gasteiger partial charge in [-0.1, -0.05) is 25.4 Å². The van der Waals surface area contributed by atoms with Crippen LogP contribution in [0.5, 0.6) is 0 Å². The molecular weight excluding hydrogens is 397 g/mol. The van der Waals surface area contributed by atoms with Gasteiger partial charge in [-0.05, 0) is 59.0 Å². The first kappa shape index (κ1) is 14.7. The summed E-state index contributed by atoms with van der Waals surface area (Å²) in [4.78, 5) is 4.74. The highest BCUT2D eigenvalue weighted by Crippen LogP contribution is 2.31. The van der Waals surface area contributed by atoms with E-state index in [1.807, 2.05) is 30.3 Å². The first-order valence-electron chi connectivity index (χ1n) is 6.70. The van der Waals surface area contributed by atoms with E-state index < -0.39 is 0 Å². The normalized spacial score (nSPS) is 11.5. The van der Waals surface area contributed by atoms with Gasteiger partial charge in [-0.2, -0.15) is 0 Å². The predicted molar refractivity (Wildman–Crippen MR) is 97.3 cm³/mol. The highest BCUT2D eigenvalue weighted by molar-refractivity contribution is 14.1. The summed E-state index contributed by atoms with van der Waals surface area (Å²) in [6.45, 7) is 4.25. The van der Waals surface area contributed by atoms with E-state index in [9.17, 15) is 0 Å². The number of nitrogen functional groups attached to an aromatic ring is 1. The number of rotatable bonds is 2. The van der Waals surface area contributed by atoms with Crippen molar-refractivity contribution in [2.24, 2.45) is 0 Å². The maximum absolute atomic E-state index is 6.45. The van der Waals surface area contributed by atoms with Crippen LogP contribution in [0.3, 0.4) is 0 Å². The molecule has 3 nitrogen and oxygen atoms in total. The van der Waals surface area contributed by atoms with Crippen LogP contribution in [0.4, 0.5) is 5.69 Å². The molecule has 0 bridgehead atoms. The molecule has 5 heteroatoms. The summed E-state index contributed by atoms with van der Waals surface area (Å²) in [7, 11) is 0. The van der Waals surface area contributed by atoms with Gasteiger partial charge in [-0.25, -0.2) is 4.98 Å². The Morgan fingerprint density at radius 2 is 1.95 bits per heavy atom. The van der Waals surface area contributed by atoms with Crippen molar-refractivity contribution in [1.29, 1.82) is 0 Å². The van der Waals surface area contributed by atoms with Crippen LogP contribution in [0.1, 0.15) is 25.6 Å². The van der Waals surface area contributed by atoms with Crippen LogP contribution in [0.2, 0.25) is 5.02 Å². The summed E-state index contributed by atoms with van der Waals surface area (Å²) < 4.78 is 3.24. The van der Waals surface area contributed by atoms with Crippen molar-refractivity contribution in [3.05, 3.63) is 50.8 Å². The van der Waals surface area contributed by atoms with E-state index in [1.165, 1.54) is 0 Å². The van der Waals surface area contributed by atoms with Gasteiger partial charge in [0.15, 0.2) is 0 Å². The molecule has 3 rings (SSSR count). The van der Waals surface area contributed by atoms with Crippen LogP contribution >= 0.6 is 34.2 Å². The SMILES string of the molecule is CC(C)c1nc2cc(N)ccc2n1-c1ccc(I)cc1Cl. The highest BCUT2D eigenvalue weighted by Gasteiger charge is 2.17. The van der Waals surface area contributed by atoms with Crippen molar-refractivity contribution in [2.75, 3.05) is 5.73 Å². The zero-order chi connectivity index (χ0) is 15.1. The van der Waals surface area contributed by atoms with Gasteiger partial charge in [0.25, 0.3) is 0 Å². The molecule has 21 heavy (non-hydrogen) atoms. The summed E-state index contributed by atoms with van der Waals surface area (Å²) in [5.41, 5.74) is 9.46.